The van der Waals surface area contributed by atoms with E-state index in [-0.39, 0.29) is 43.8 Å². The average Bonchev–Trinajstić information content (AvgIpc) is 3.52. The number of hydrogen-bond acceptors (Lipinski definition) is 12. The van der Waals surface area contributed by atoms with E-state index in [2.05, 4.69) is 10.1 Å². The normalized spacial score (nSPS) is 30.9. The van der Waals surface area contributed by atoms with Gasteiger partial charge >= 0.3 is 5.97 Å². The Hall–Kier alpha value is -2.20. The van der Waals surface area contributed by atoms with Crippen molar-refractivity contribution in [3.05, 3.63) is 12.2 Å². The number of aliphatic hydroxyl groups excluding tert-OH is 4. The van der Waals surface area contributed by atoms with E-state index in [0.29, 0.717) is 25.7 Å². The molecule has 0 saturated carbocycles. The monoisotopic (exact) mass is 502 g/mol. The van der Waals surface area contributed by atoms with Crippen molar-refractivity contribution in [2.75, 3.05) is 19.8 Å². The topological polar surface area (TPSA) is 209 Å². The van der Waals surface area contributed by atoms with Crippen LogP contribution in [0.25, 0.3) is 0 Å². The number of esters is 1. The van der Waals surface area contributed by atoms with Gasteiger partial charge < -0.3 is 45.1 Å². The number of carbonyl (C=O) groups is 2. The van der Waals surface area contributed by atoms with Crippen LogP contribution in [0.2, 0.25) is 0 Å². The molecule has 14 nitrogen and oxygen atoms in total. The fourth-order valence-corrected chi connectivity index (χ4v) is 3.92. The molecule has 1 aromatic rings. The third-order valence-electron chi connectivity index (χ3n) is 5.95. The summed E-state index contributed by atoms with van der Waals surface area (Å²) in [6.07, 6.45) is -1.27. The van der Waals surface area contributed by atoms with Crippen LogP contribution < -0.4 is 5.73 Å². The molecular formula is C21H34N4O10. The number of rotatable bonds is 13. The lowest BCUT2D eigenvalue weighted by Crippen LogP contribution is -2.59. The van der Waals surface area contributed by atoms with Gasteiger partial charge in [-0.3, -0.25) is 9.59 Å². The number of carbonyl (C=O) groups excluding carboxylic acids is 2. The number of hydrogen-bond donors (Lipinski definition) is 5. The van der Waals surface area contributed by atoms with Gasteiger partial charge in [0.25, 0.3) is 5.91 Å². The van der Waals surface area contributed by atoms with E-state index in [1.807, 2.05) is 0 Å². The Labute approximate surface area is 201 Å². The number of amides is 1. The summed E-state index contributed by atoms with van der Waals surface area (Å²) < 4.78 is 23.2. The number of ether oxygens (including phenoxy) is 4. The lowest BCUT2D eigenvalue weighted by atomic mass is 9.99. The van der Waals surface area contributed by atoms with E-state index in [0.717, 1.165) is 12.8 Å². The van der Waals surface area contributed by atoms with Crippen molar-refractivity contribution in [1.29, 1.82) is 0 Å². The molecule has 3 heterocycles. The highest BCUT2D eigenvalue weighted by Gasteiger charge is 2.43. The predicted molar refractivity (Wildman–Crippen MR) is 115 cm³/mol. The van der Waals surface area contributed by atoms with Gasteiger partial charge in [-0.2, -0.15) is 0 Å². The van der Waals surface area contributed by atoms with Crippen molar-refractivity contribution in [3.63, 3.8) is 0 Å². The number of aliphatic hydroxyl groups is 4. The minimum atomic E-state index is -1.46. The molecule has 0 aliphatic carbocycles. The molecule has 1 amide bonds. The lowest BCUT2D eigenvalue weighted by Gasteiger charge is -2.39. The van der Waals surface area contributed by atoms with Crippen LogP contribution in [0.5, 0.6) is 0 Å². The van der Waals surface area contributed by atoms with E-state index in [4.69, 9.17) is 24.7 Å². The molecule has 7 unspecified atom stereocenters. The smallest absolute Gasteiger partial charge is 0.305 e. The van der Waals surface area contributed by atoms with Crippen LogP contribution in [0.15, 0.2) is 6.33 Å². The van der Waals surface area contributed by atoms with Crippen LogP contribution in [0, 0.1) is 0 Å². The van der Waals surface area contributed by atoms with Gasteiger partial charge in [-0.15, -0.1) is 5.10 Å². The Bertz CT molecular complexity index is 822. The second kappa shape index (κ2) is 13.2. The molecule has 1 aromatic heterocycles. The highest BCUT2D eigenvalue weighted by Crippen LogP contribution is 2.27. The molecule has 198 valence electrons. The minimum absolute atomic E-state index is 0.0797. The first-order chi connectivity index (χ1) is 16.8. The third kappa shape index (κ3) is 7.64. The Kier molecular flexibility index (Phi) is 10.3. The first-order valence-corrected chi connectivity index (χ1v) is 11.7. The molecule has 0 spiro atoms. The maximum Gasteiger partial charge on any atom is 0.305 e. The molecule has 35 heavy (non-hydrogen) atoms. The molecule has 0 bridgehead atoms. The molecule has 2 aliphatic rings. The molecule has 2 saturated heterocycles. The quantitative estimate of drug-likeness (QED) is 0.152. The van der Waals surface area contributed by atoms with Crippen LogP contribution in [0.4, 0.5) is 0 Å². The van der Waals surface area contributed by atoms with Gasteiger partial charge in [0.1, 0.15) is 37.4 Å². The fraction of sp³-hybridized carbons (Fsp3) is 0.810. The summed E-state index contributed by atoms with van der Waals surface area (Å²) >= 11 is 0. The maximum atomic E-state index is 12.0. The van der Waals surface area contributed by atoms with Gasteiger partial charge in [0.2, 0.25) is 5.82 Å². The predicted octanol–water partition coefficient (Wildman–Crippen LogP) is -1.64. The van der Waals surface area contributed by atoms with E-state index < -0.39 is 43.2 Å². The van der Waals surface area contributed by atoms with Crippen LogP contribution in [0.3, 0.4) is 0 Å². The number of primary amides is 1. The van der Waals surface area contributed by atoms with Crippen molar-refractivity contribution in [3.8, 4) is 0 Å². The number of nitrogens with two attached hydrogens (primary N) is 1. The van der Waals surface area contributed by atoms with Crippen molar-refractivity contribution < 1.29 is 49.0 Å². The van der Waals surface area contributed by atoms with Gasteiger partial charge in [-0.05, 0) is 25.7 Å². The molecular weight excluding hydrogens is 468 g/mol. The van der Waals surface area contributed by atoms with Gasteiger partial charge in [0, 0.05) is 13.0 Å². The van der Waals surface area contributed by atoms with Crippen molar-refractivity contribution >= 4 is 11.9 Å². The van der Waals surface area contributed by atoms with E-state index >= 15 is 0 Å². The summed E-state index contributed by atoms with van der Waals surface area (Å²) in [5, 5.41) is 42.6. The summed E-state index contributed by atoms with van der Waals surface area (Å²) in [5.41, 5.74) is 5.14. The summed E-state index contributed by atoms with van der Waals surface area (Å²) in [5.74, 6) is -1.11. The second-order valence-electron chi connectivity index (χ2n) is 8.62. The van der Waals surface area contributed by atoms with Crippen LogP contribution in [-0.4, -0.2) is 104 Å². The highest BCUT2D eigenvalue weighted by molar-refractivity contribution is 5.88. The third-order valence-corrected chi connectivity index (χ3v) is 5.95. The second-order valence-corrected chi connectivity index (χ2v) is 8.62. The molecule has 6 N–H and O–H groups in total. The largest absolute Gasteiger partial charge is 0.463 e. The lowest BCUT2D eigenvalue weighted by molar-refractivity contribution is -0.301. The Morgan fingerprint density at radius 3 is 2.57 bits per heavy atom. The van der Waals surface area contributed by atoms with Gasteiger partial charge in [-0.1, -0.05) is 12.8 Å². The van der Waals surface area contributed by atoms with Crippen molar-refractivity contribution in [2.45, 2.75) is 88.0 Å². The molecule has 2 aliphatic heterocycles. The summed E-state index contributed by atoms with van der Waals surface area (Å²) in [6, 6.07) is 0. The van der Waals surface area contributed by atoms with Crippen LogP contribution >= 0.6 is 0 Å². The van der Waals surface area contributed by atoms with Gasteiger partial charge in [-0.25, -0.2) is 9.67 Å². The molecule has 0 aromatic carbocycles. The first-order valence-electron chi connectivity index (χ1n) is 11.7. The fourth-order valence-electron chi connectivity index (χ4n) is 3.92. The SMILES string of the molecule is NC(=O)c1ncn(C2CCC(COC(=O)CCCCCCOC3OC(CO)C(O)C(O)C3O)O2)n1. The maximum absolute atomic E-state index is 12.0. The molecule has 14 heteroatoms. The van der Waals surface area contributed by atoms with E-state index in [9.17, 15) is 30.0 Å². The molecule has 2 fully saturated rings. The Morgan fingerprint density at radius 1 is 1.09 bits per heavy atom. The van der Waals surface area contributed by atoms with Crippen LogP contribution in [0.1, 0.15) is 61.8 Å². The Morgan fingerprint density at radius 2 is 1.86 bits per heavy atom. The van der Waals surface area contributed by atoms with E-state index in [1.165, 1.54) is 11.0 Å². The number of aromatic nitrogens is 3. The zero-order valence-electron chi connectivity index (χ0n) is 19.3. The van der Waals surface area contributed by atoms with Gasteiger partial charge in [0.05, 0.1) is 12.7 Å². The Balaban J connectivity index is 1.22. The molecule has 7 atom stereocenters. The first kappa shape index (κ1) is 27.4. The minimum Gasteiger partial charge on any atom is -0.463 e. The van der Waals surface area contributed by atoms with Crippen LogP contribution in [-0.2, 0) is 23.7 Å². The zero-order valence-corrected chi connectivity index (χ0v) is 19.3. The standard InChI is InChI=1S/C21H34N4O10/c22-19(31)20-23-11-25(24-20)14-7-6-12(34-14)10-33-15(27)5-3-1-2-4-8-32-21-18(30)17(29)16(28)13(9-26)35-21/h11-14,16-18,21,26,28-30H,1-10H2,(H2,22,31). The van der Waals surface area contributed by atoms with E-state index in [1.54, 1.807) is 0 Å². The number of nitrogens with zero attached hydrogens (tertiary/aromatic N) is 3. The molecule has 0 radical (unpaired) electrons. The summed E-state index contributed by atoms with van der Waals surface area (Å²) in [6.45, 7) is -0.117. The number of unbranched alkanes of at least 4 members (excludes halogenated alkanes) is 3. The highest BCUT2D eigenvalue weighted by atomic mass is 16.7. The van der Waals surface area contributed by atoms with Gasteiger partial charge in [0.15, 0.2) is 12.5 Å². The summed E-state index contributed by atoms with van der Waals surface area (Å²) in [4.78, 5) is 26.9. The molecule has 3 rings (SSSR count). The zero-order chi connectivity index (χ0) is 25.4. The van der Waals surface area contributed by atoms with Crippen molar-refractivity contribution in [2.24, 2.45) is 5.73 Å². The van der Waals surface area contributed by atoms with Crippen molar-refractivity contribution in [1.82, 2.24) is 14.8 Å². The average molecular weight is 503 g/mol. The summed E-state index contributed by atoms with van der Waals surface area (Å²) in [7, 11) is 0.